The molecule has 0 saturated carbocycles. The van der Waals surface area contributed by atoms with E-state index in [1.54, 1.807) is 18.2 Å². The van der Waals surface area contributed by atoms with E-state index < -0.39 is 23.7 Å². The van der Waals surface area contributed by atoms with Gasteiger partial charge in [0.15, 0.2) is 11.5 Å². The van der Waals surface area contributed by atoms with Crippen LogP contribution in [0.25, 0.3) is 6.08 Å². The third-order valence-corrected chi connectivity index (χ3v) is 4.44. The zero-order valence-electron chi connectivity index (χ0n) is 16.1. The molecule has 2 aromatic rings. The molecule has 2 aromatic carbocycles. The lowest BCUT2D eigenvalue weighted by Gasteiger charge is -2.25. The van der Waals surface area contributed by atoms with E-state index >= 15 is 0 Å². The van der Waals surface area contributed by atoms with E-state index in [1.807, 2.05) is 0 Å². The van der Waals surface area contributed by atoms with Crippen LogP contribution in [0.3, 0.4) is 0 Å². The Morgan fingerprint density at radius 3 is 2.69 bits per heavy atom. The predicted molar refractivity (Wildman–Crippen MR) is 104 cm³/mol. The summed E-state index contributed by atoms with van der Waals surface area (Å²) in [5.41, 5.74) is 6.39. The Morgan fingerprint density at radius 2 is 2.00 bits per heavy atom. The maximum Gasteiger partial charge on any atom is 0.247 e. The molecule has 1 heterocycles. The average molecular weight is 400 g/mol. The van der Waals surface area contributed by atoms with Crippen LogP contribution in [-0.2, 0) is 9.59 Å². The summed E-state index contributed by atoms with van der Waals surface area (Å²) < 4.78 is 30.0. The van der Waals surface area contributed by atoms with Crippen molar-refractivity contribution in [2.75, 3.05) is 27.4 Å². The Morgan fingerprint density at radius 1 is 1.24 bits per heavy atom. The zero-order chi connectivity index (χ0) is 21.0. The normalized spacial score (nSPS) is 13.8. The molecular formula is C21H21FN2O5. The first-order valence-electron chi connectivity index (χ1n) is 8.88. The van der Waals surface area contributed by atoms with Gasteiger partial charge < -0.3 is 24.8 Å². The van der Waals surface area contributed by atoms with Crippen molar-refractivity contribution >= 4 is 17.9 Å². The maximum absolute atomic E-state index is 13.5. The van der Waals surface area contributed by atoms with Crippen LogP contribution in [0, 0.1) is 5.82 Å². The summed E-state index contributed by atoms with van der Waals surface area (Å²) in [6, 6.07) is 7.74. The number of hydrogen-bond donors (Lipinski definition) is 1. The number of nitrogens with zero attached hydrogens (tertiary/aromatic N) is 1. The smallest absolute Gasteiger partial charge is 0.247 e. The van der Waals surface area contributed by atoms with Crippen LogP contribution in [0.5, 0.6) is 17.2 Å². The Hall–Kier alpha value is -3.55. The van der Waals surface area contributed by atoms with Crippen molar-refractivity contribution in [1.29, 1.82) is 0 Å². The second-order valence-corrected chi connectivity index (χ2v) is 6.39. The molecule has 1 atom stereocenters. The largest absolute Gasteiger partial charge is 0.493 e. The number of likely N-dealkylation sites (N-methyl/N-ethyl adjacent to an activating group) is 1. The fraction of sp³-hybridized carbons (Fsp3) is 0.238. The summed E-state index contributed by atoms with van der Waals surface area (Å²) in [6.07, 6.45) is 2.85. The summed E-state index contributed by atoms with van der Waals surface area (Å²) in [5.74, 6) is -0.247. The van der Waals surface area contributed by atoms with Gasteiger partial charge in [-0.15, -0.1) is 0 Å². The number of hydrogen-bond acceptors (Lipinski definition) is 5. The van der Waals surface area contributed by atoms with Crippen molar-refractivity contribution in [3.8, 4) is 17.2 Å². The van der Waals surface area contributed by atoms with Crippen LogP contribution in [0.1, 0.15) is 17.2 Å². The lowest BCUT2D eigenvalue weighted by molar-refractivity contribution is -0.134. The van der Waals surface area contributed by atoms with Gasteiger partial charge in [0.1, 0.15) is 25.1 Å². The summed E-state index contributed by atoms with van der Waals surface area (Å²) in [6.45, 7) is 0.843. The van der Waals surface area contributed by atoms with E-state index in [-0.39, 0.29) is 0 Å². The van der Waals surface area contributed by atoms with E-state index in [1.165, 1.54) is 44.5 Å². The number of fused-ring (bicyclic) bond motifs is 1. The Balaban J connectivity index is 1.83. The van der Waals surface area contributed by atoms with Crippen molar-refractivity contribution in [2.45, 2.75) is 6.04 Å². The van der Waals surface area contributed by atoms with Crippen molar-refractivity contribution < 1.29 is 28.2 Å². The summed E-state index contributed by atoms with van der Waals surface area (Å²) in [7, 11) is 2.94. The van der Waals surface area contributed by atoms with Crippen LogP contribution in [-0.4, -0.2) is 44.1 Å². The van der Waals surface area contributed by atoms with Gasteiger partial charge in [0, 0.05) is 13.1 Å². The van der Waals surface area contributed by atoms with Crippen LogP contribution in [0.4, 0.5) is 4.39 Å². The topological polar surface area (TPSA) is 91.1 Å². The highest BCUT2D eigenvalue weighted by Crippen LogP contribution is 2.40. The number of ether oxygens (including phenoxy) is 3. The summed E-state index contributed by atoms with van der Waals surface area (Å²) in [5, 5.41) is 0. The van der Waals surface area contributed by atoms with Gasteiger partial charge >= 0.3 is 0 Å². The first-order valence-corrected chi connectivity index (χ1v) is 8.88. The van der Waals surface area contributed by atoms with Crippen LogP contribution in [0.15, 0.2) is 42.5 Å². The van der Waals surface area contributed by atoms with Crippen LogP contribution >= 0.6 is 0 Å². The molecule has 7 nitrogen and oxygen atoms in total. The molecule has 8 heteroatoms. The Labute approximate surface area is 167 Å². The maximum atomic E-state index is 13.5. The van der Waals surface area contributed by atoms with Crippen molar-refractivity contribution in [3.63, 3.8) is 0 Å². The number of primary amides is 1. The first kappa shape index (κ1) is 20.2. The SMILES string of the molecule is COc1cc(/C=C/C(=O)N(C)C(C(N)=O)c2cccc(F)c2)cc2c1OCCO2. The van der Waals surface area contributed by atoms with Gasteiger partial charge in [-0.2, -0.15) is 0 Å². The second-order valence-electron chi connectivity index (χ2n) is 6.39. The first-order chi connectivity index (χ1) is 13.9. The van der Waals surface area contributed by atoms with Gasteiger partial charge in [-0.1, -0.05) is 12.1 Å². The van der Waals surface area contributed by atoms with E-state index in [2.05, 4.69) is 0 Å². The molecule has 29 heavy (non-hydrogen) atoms. The van der Waals surface area contributed by atoms with E-state index in [4.69, 9.17) is 19.9 Å². The number of benzene rings is 2. The molecule has 0 fully saturated rings. The molecule has 0 bridgehead atoms. The number of amides is 2. The molecule has 1 unspecified atom stereocenters. The Bertz CT molecular complexity index is 943. The van der Waals surface area contributed by atoms with Gasteiger partial charge in [-0.25, -0.2) is 4.39 Å². The molecule has 152 valence electrons. The minimum atomic E-state index is -1.10. The highest BCUT2D eigenvalue weighted by atomic mass is 19.1. The summed E-state index contributed by atoms with van der Waals surface area (Å²) >= 11 is 0. The summed E-state index contributed by atoms with van der Waals surface area (Å²) in [4.78, 5) is 25.7. The molecule has 0 aliphatic carbocycles. The lowest BCUT2D eigenvalue weighted by atomic mass is 10.0. The zero-order valence-corrected chi connectivity index (χ0v) is 16.1. The Kier molecular flexibility index (Phi) is 6.01. The number of nitrogens with two attached hydrogens (primary N) is 1. The number of carbonyl (C=O) groups is 2. The average Bonchev–Trinajstić information content (AvgIpc) is 2.71. The molecule has 0 spiro atoms. The minimum Gasteiger partial charge on any atom is -0.493 e. The fourth-order valence-corrected chi connectivity index (χ4v) is 3.06. The minimum absolute atomic E-state index is 0.294. The molecule has 1 aliphatic heterocycles. The molecule has 0 aromatic heterocycles. The molecule has 0 radical (unpaired) electrons. The predicted octanol–water partition coefficient (Wildman–Crippen LogP) is 2.30. The number of methoxy groups -OCH3 is 1. The highest BCUT2D eigenvalue weighted by Gasteiger charge is 2.26. The van der Waals surface area contributed by atoms with Gasteiger partial charge in [0.25, 0.3) is 0 Å². The van der Waals surface area contributed by atoms with E-state index in [0.717, 1.165) is 4.90 Å². The van der Waals surface area contributed by atoms with Crippen LogP contribution < -0.4 is 19.9 Å². The highest BCUT2D eigenvalue weighted by molar-refractivity contribution is 5.95. The van der Waals surface area contributed by atoms with Gasteiger partial charge in [0.05, 0.1) is 7.11 Å². The van der Waals surface area contributed by atoms with Crippen molar-refractivity contribution in [2.24, 2.45) is 5.73 Å². The quantitative estimate of drug-likeness (QED) is 0.752. The van der Waals surface area contributed by atoms with Crippen LogP contribution in [0.2, 0.25) is 0 Å². The van der Waals surface area contributed by atoms with Crippen molar-refractivity contribution in [1.82, 2.24) is 4.90 Å². The third kappa shape index (κ3) is 4.48. The molecule has 2 N–H and O–H groups in total. The van der Waals surface area contributed by atoms with Gasteiger partial charge in [-0.3, -0.25) is 9.59 Å². The van der Waals surface area contributed by atoms with E-state index in [0.29, 0.717) is 41.6 Å². The van der Waals surface area contributed by atoms with Gasteiger partial charge in [-0.05, 0) is 41.5 Å². The molecule has 1 aliphatic rings. The lowest BCUT2D eigenvalue weighted by Crippen LogP contribution is -2.38. The third-order valence-electron chi connectivity index (χ3n) is 4.44. The van der Waals surface area contributed by atoms with Gasteiger partial charge in [0.2, 0.25) is 17.6 Å². The number of carbonyl (C=O) groups excluding carboxylic acids is 2. The second kappa shape index (κ2) is 8.64. The van der Waals surface area contributed by atoms with E-state index in [9.17, 15) is 14.0 Å². The standard InChI is InChI=1S/C21H21FN2O5/c1-24(19(21(23)26)14-4-3-5-15(22)12-14)18(25)7-6-13-10-16(27-2)20-17(11-13)28-8-9-29-20/h3-7,10-12,19H,8-9H2,1-2H3,(H2,23,26)/b7-6+. The number of rotatable bonds is 6. The fourth-order valence-electron chi connectivity index (χ4n) is 3.06. The monoisotopic (exact) mass is 400 g/mol. The molecular weight excluding hydrogens is 379 g/mol. The molecule has 3 rings (SSSR count). The molecule has 0 saturated heterocycles. The molecule has 2 amide bonds. The number of halogens is 1. The van der Waals surface area contributed by atoms with Crippen molar-refractivity contribution in [3.05, 3.63) is 59.4 Å².